The van der Waals surface area contributed by atoms with E-state index in [-0.39, 0.29) is 29.1 Å². The minimum Gasteiger partial charge on any atom is -0.355 e. The van der Waals surface area contributed by atoms with E-state index in [0.29, 0.717) is 38.3 Å². The average molecular weight is 441 g/mol. The zero-order chi connectivity index (χ0) is 21.9. The van der Waals surface area contributed by atoms with Gasteiger partial charge in [0.25, 0.3) is 0 Å². The molecule has 160 valence electrons. The van der Waals surface area contributed by atoms with Crippen LogP contribution in [-0.4, -0.2) is 33.8 Å². The van der Waals surface area contributed by atoms with Gasteiger partial charge in [-0.05, 0) is 25.8 Å². The number of alkyl halides is 3. The summed E-state index contributed by atoms with van der Waals surface area (Å²) in [6, 6.07) is 4.66. The topological polar surface area (TPSA) is 86.8 Å². The van der Waals surface area contributed by atoms with Gasteiger partial charge in [0.2, 0.25) is 5.91 Å². The Hall–Kier alpha value is -2.80. The lowest BCUT2D eigenvalue weighted by atomic mass is 9.96. The van der Waals surface area contributed by atoms with Crippen molar-refractivity contribution < 1.29 is 18.0 Å². The maximum absolute atomic E-state index is 12.8. The minimum absolute atomic E-state index is 0.0652. The molecule has 0 radical (unpaired) electrons. The van der Waals surface area contributed by atoms with Crippen LogP contribution in [0, 0.1) is 24.2 Å². The van der Waals surface area contributed by atoms with E-state index < -0.39 is 11.7 Å². The molecule has 1 amide bonds. The Morgan fingerprint density at radius 1 is 1.37 bits per heavy atom. The largest absolute Gasteiger partial charge is 0.417 e. The number of aromatic nitrogens is 3. The molecule has 0 unspecified atom stereocenters. The molecule has 3 heterocycles. The summed E-state index contributed by atoms with van der Waals surface area (Å²) in [6.45, 7) is 3.08. The van der Waals surface area contributed by atoms with Crippen LogP contribution < -0.4 is 10.2 Å². The van der Waals surface area contributed by atoms with E-state index >= 15 is 0 Å². The molecule has 1 fully saturated rings. The van der Waals surface area contributed by atoms with Crippen LogP contribution >= 0.6 is 11.6 Å². The number of hydrogen-bond acceptors (Lipinski definition) is 5. The van der Waals surface area contributed by atoms with Crippen molar-refractivity contribution in [2.45, 2.75) is 38.9 Å². The number of aryl methyl sites for hydroxylation is 2. The normalized spacial score (nSPS) is 15.1. The van der Waals surface area contributed by atoms with Crippen LogP contribution in [0.5, 0.6) is 0 Å². The van der Waals surface area contributed by atoms with Gasteiger partial charge in [0.15, 0.2) is 0 Å². The van der Waals surface area contributed by atoms with Crippen molar-refractivity contribution in [1.29, 1.82) is 5.26 Å². The van der Waals surface area contributed by atoms with E-state index in [2.05, 4.69) is 15.4 Å². The molecule has 0 aromatic carbocycles. The Morgan fingerprint density at radius 2 is 2.07 bits per heavy atom. The summed E-state index contributed by atoms with van der Waals surface area (Å²) in [4.78, 5) is 18.3. The smallest absolute Gasteiger partial charge is 0.355 e. The second-order valence-electron chi connectivity index (χ2n) is 7.08. The SMILES string of the molecule is Cc1cc(NC(=O)C2CCN(c3ncc(C(F)(F)F)cc3Cl)CC2)n(CCC#N)n1. The monoisotopic (exact) mass is 440 g/mol. The van der Waals surface area contributed by atoms with E-state index in [4.69, 9.17) is 16.9 Å². The molecule has 0 saturated carbocycles. The Kier molecular flexibility index (Phi) is 6.51. The number of nitrogens with one attached hydrogen (secondary N) is 1. The van der Waals surface area contributed by atoms with Gasteiger partial charge in [0.05, 0.1) is 35.3 Å². The zero-order valence-corrected chi connectivity index (χ0v) is 17.0. The van der Waals surface area contributed by atoms with Gasteiger partial charge < -0.3 is 10.2 Å². The summed E-state index contributed by atoms with van der Waals surface area (Å²) >= 11 is 6.02. The molecule has 2 aromatic rings. The van der Waals surface area contributed by atoms with Gasteiger partial charge in [0.1, 0.15) is 11.6 Å². The summed E-state index contributed by atoms with van der Waals surface area (Å²) in [5, 5.41) is 15.8. The van der Waals surface area contributed by atoms with Crippen molar-refractivity contribution in [1.82, 2.24) is 14.8 Å². The average Bonchev–Trinajstić information content (AvgIpc) is 3.04. The summed E-state index contributed by atoms with van der Waals surface area (Å²) in [7, 11) is 0. The molecule has 1 N–H and O–H groups in total. The first kappa shape index (κ1) is 21.9. The number of rotatable bonds is 5. The molecule has 3 rings (SSSR count). The molecule has 11 heteroatoms. The summed E-state index contributed by atoms with van der Waals surface area (Å²) < 4.78 is 39.9. The lowest BCUT2D eigenvalue weighted by Crippen LogP contribution is -2.39. The molecule has 0 atom stereocenters. The quantitative estimate of drug-likeness (QED) is 0.758. The molecule has 2 aromatic heterocycles. The van der Waals surface area contributed by atoms with Crippen molar-refractivity contribution in [2.24, 2.45) is 5.92 Å². The number of carbonyl (C=O) groups is 1. The van der Waals surface area contributed by atoms with Crippen molar-refractivity contribution in [2.75, 3.05) is 23.3 Å². The van der Waals surface area contributed by atoms with Crippen molar-refractivity contribution in [3.8, 4) is 6.07 Å². The third kappa shape index (κ3) is 5.02. The van der Waals surface area contributed by atoms with Gasteiger partial charge >= 0.3 is 6.18 Å². The maximum Gasteiger partial charge on any atom is 0.417 e. The van der Waals surface area contributed by atoms with Crippen molar-refractivity contribution >= 4 is 29.1 Å². The Balaban J connectivity index is 1.61. The molecule has 1 saturated heterocycles. The highest BCUT2D eigenvalue weighted by atomic mass is 35.5. The number of nitriles is 1. The predicted molar refractivity (Wildman–Crippen MR) is 105 cm³/mol. The molecule has 30 heavy (non-hydrogen) atoms. The van der Waals surface area contributed by atoms with E-state index in [1.165, 1.54) is 0 Å². The molecule has 7 nitrogen and oxygen atoms in total. The highest BCUT2D eigenvalue weighted by Gasteiger charge is 2.33. The Labute approximate surface area is 176 Å². The molecular formula is C19H20ClF3N6O. The van der Waals surface area contributed by atoms with Gasteiger partial charge in [-0.2, -0.15) is 23.5 Å². The van der Waals surface area contributed by atoms with Gasteiger partial charge in [-0.1, -0.05) is 11.6 Å². The van der Waals surface area contributed by atoms with Crippen LogP contribution in [0.1, 0.15) is 30.5 Å². The molecular weight excluding hydrogens is 421 g/mol. The summed E-state index contributed by atoms with van der Waals surface area (Å²) in [6.07, 6.45) is -2.43. The fourth-order valence-electron chi connectivity index (χ4n) is 3.37. The second kappa shape index (κ2) is 8.92. The molecule has 1 aliphatic heterocycles. The van der Waals surface area contributed by atoms with E-state index in [1.807, 2.05) is 6.07 Å². The number of nitrogens with zero attached hydrogens (tertiary/aromatic N) is 5. The van der Waals surface area contributed by atoms with Crippen LogP contribution in [0.4, 0.5) is 24.8 Å². The first-order chi connectivity index (χ1) is 14.2. The predicted octanol–water partition coefficient (Wildman–Crippen LogP) is 4.03. The van der Waals surface area contributed by atoms with E-state index in [0.717, 1.165) is 18.0 Å². The lowest BCUT2D eigenvalue weighted by Gasteiger charge is -2.32. The minimum atomic E-state index is -4.50. The molecule has 0 bridgehead atoms. The Morgan fingerprint density at radius 3 is 2.67 bits per heavy atom. The van der Waals surface area contributed by atoms with Crippen LogP contribution in [0.3, 0.4) is 0 Å². The van der Waals surface area contributed by atoms with Crippen LogP contribution in [0.15, 0.2) is 18.3 Å². The van der Waals surface area contributed by atoms with Gasteiger partial charge in [0, 0.05) is 31.3 Å². The number of hydrogen-bond donors (Lipinski definition) is 1. The number of pyridine rings is 1. The second-order valence-corrected chi connectivity index (χ2v) is 7.49. The number of piperidine rings is 1. The number of amides is 1. The maximum atomic E-state index is 12.8. The van der Waals surface area contributed by atoms with Gasteiger partial charge in [-0.15, -0.1) is 0 Å². The van der Waals surface area contributed by atoms with Crippen LogP contribution in [0.2, 0.25) is 5.02 Å². The van der Waals surface area contributed by atoms with Gasteiger partial charge in [-0.25, -0.2) is 9.67 Å². The molecule has 1 aliphatic rings. The van der Waals surface area contributed by atoms with Crippen molar-refractivity contribution in [3.05, 3.63) is 34.6 Å². The number of anilines is 2. The number of carbonyl (C=O) groups excluding carboxylic acids is 1. The van der Waals surface area contributed by atoms with Crippen LogP contribution in [-0.2, 0) is 17.5 Å². The fraction of sp³-hybridized carbons (Fsp3) is 0.474. The first-order valence-corrected chi connectivity index (χ1v) is 9.77. The molecule has 0 aliphatic carbocycles. The van der Waals surface area contributed by atoms with Gasteiger partial charge in [-0.3, -0.25) is 4.79 Å². The van der Waals surface area contributed by atoms with Crippen LogP contribution in [0.25, 0.3) is 0 Å². The number of halogens is 4. The highest BCUT2D eigenvalue weighted by molar-refractivity contribution is 6.33. The molecule has 0 spiro atoms. The fourth-order valence-corrected chi connectivity index (χ4v) is 3.66. The lowest BCUT2D eigenvalue weighted by molar-refractivity contribution is -0.137. The van der Waals surface area contributed by atoms with E-state index in [9.17, 15) is 18.0 Å². The summed E-state index contributed by atoms with van der Waals surface area (Å²) in [5.41, 5.74) is -0.158. The first-order valence-electron chi connectivity index (χ1n) is 9.39. The van der Waals surface area contributed by atoms with E-state index in [1.54, 1.807) is 22.6 Å². The van der Waals surface area contributed by atoms with Crippen molar-refractivity contribution in [3.63, 3.8) is 0 Å². The highest BCUT2D eigenvalue weighted by Crippen LogP contribution is 2.34. The standard InChI is InChI=1S/C19H20ClF3N6O/c1-12-9-16(29(27-12)6-2-5-24)26-18(30)13-3-7-28(8-4-13)17-15(20)10-14(11-25-17)19(21,22)23/h9-11,13H,2-4,6-8H2,1H3,(H,26,30). The summed E-state index contributed by atoms with van der Waals surface area (Å²) in [5.74, 6) is 0.421. The zero-order valence-electron chi connectivity index (χ0n) is 16.2. The third-order valence-electron chi connectivity index (χ3n) is 4.90. The third-order valence-corrected chi connectivity index (χ3v) is 5.18. The Bertz CT molecular complexity index is 960.